The Kier molecular flexibility index (Phi) is 5.36. The second kappa shape index (κ2) is 6.01. The molecule has 0 aliphatic heterocycles. The maximum absolute atomic E-state index is 11.2. The molecule has 4 N–H and O–H groups in total. The minimum Gasteiger partial charge on any atom is -0.464 e. The van der Waals surface area contributed by atoms with Crippen LogP contribution >= 0.6 is 0 Å². The summed E-state index contributed by atoms with van der Waals surface area (Å²) < 4.78 is 4.53. The summed E-state index contributed by atoms with van der Waals surface area (Å²) in [6, 6.07) is 0.0163. The molecule has 5 heteroatoms. The van der Waals surface area contributed by atoms with Gasteiger partial charge in [0.15, 0.2) is 5.71 Å². The van der Waals surface area contributed by atoms with E-state index >= 15 is 0 Å². The zero-order valence-corrected chi connectivity index (χ0v) is 8.78. The van der Waals surface area contributed by atoms with E-state index in [2.05, 4.69) is 9.73 Å². The van der Waals surface area contributed by atoms with Crippen molar-refractivity contribution in [2.45, 2.75) is 26.3 Å². The van der Waals surface area contributed by atoms with Gasteiger partial charge in [0.1, 0.15) is 0 Å². The predicted octanol–water partition coefficient (Wildman–Crippen LogP) is 0.158. The molecule has 0 rings (SSSR count). The van der Waals surface area contributed by atoms with Gasteiger partial charge in [0.2, 0.25) is 0 Å². The van der Waals surface area contributed by atoms with E-state index in [-0.39, 0.29) is 17.5 Å². The fourth-order valence-electron chi connectivity index (χ4n) is 0.732. The van der Waals surface area contributed by atoms with Gasteiger partial charge in [0.25, 0.3) is 0 Å². The minimum atomic E-state index is -0.565. The molecule has 0 radical (unpaired) electrons. The fourth-order valence-corrected chi connectivity index (χ4v) is 0.732. The molecule has 0 saturated carbocycles. The van der Waals surface area contributed by atoms with Crippen molar-refractivity contribution in [3.8, 4) is 0 Å². The van der Waals surface area contributed by atoms with Gasteiger partial charge < -0.3 is 16.2 Å². The Hall–Kier alpha value is -1.52. The third-order valence-electron chi connectivity index (χ3n) is 1.77. The van der Waals surface area contributed by atoms with E-state index in [1.54, 1.807) is 0 Å². The van der Waals surface area contributed by atoms with Crippen molar-refractivity contribution in [3.63, 3.8) is 0 Å². The molecule has 0 fully saturated rings. The summed E-state index contributed by atoms with van der Waals surface area (Å²) in [7, 11) is 1.28. The smallest absolute Gasteiger partial charge is 0.358 e. The molecule has 0 saturated heterocycles. The Morgan fingerprint density at radius 3 is 2.57 bits per heavy atom. The number of hydrogen-bond acceptors (Lipinski definition) is 5. The lowest BCUT2D eigenvalue weighted by molar-refractivity contribution is -0.132. The topological polar surface area (TPSA) is 90.7 Å². The molecule has 1 atom stereocenters. The Bertz CT molecular complexity index is 259. The summed E-state index contributed by atoms with van der Waals surface area (Å²) in [4.78, 5) is 15.3. The molecule has 80 valence electrons. The zero-order valence-electron chi connectivity index (χ0n) is 8.78. The van der Waals surface area contributed by atoms with E-state index in [9.17, 15) is 4.79 Å². The van der Waals surface area contributed by atoms with E-state index in [0.717, 1.165) is 12.6 Å². The zero-order chi connectivity index (χ0) is 11.1. The quantitative estimate of drug-likeness (QED) is 0.498. The molecule has 14 heavy (non-hydrogen) atoms. The number of ether oxygens (including phenoxy) is 1. The lowest BCUT2D eigenvalue weighted by Gasteiger charge is -2.07. The van der Waals surface area contributed by atoms with Crippen molar-refractivity contribution in [2.75, 3.05) is 7.11 Å². The molecule has 0 aliphatic carbocycles. The fraction of sp³-hybridized carbons (Fsp3) is 0.556. The normalized spacial score (nSPS) is 15.1. The van der Waals surface area contributed by atoms with Crippen LogP contribution in [0.1, 0.15) is 20.3 Å². The third kappa shape index (κ3) is 3.47. The largest absolute Gasteiger partial charge is 0.464 e. The first kappa shape index (κ1) is 12.5. The van der Waals surface area contributed by atoms with E-state index < -0.39 is 5.97 Å². The Balaban J connectivity index is 4.90. The molecule has 0 aliphatic rings. The number of nitrogens with two attached hydrogens (primary N) is 2. The van der Waals surface area contributed by atoms with Crippen LogP contribution in [0.2, 0.25) is 0 Å². The van der Waals surface area contributed by atoms with Crippen molar-refractivity contribution >= 4 is 11.7 Å². The van der Waals surface area contributed by atoms with Crippen LogP contribution in [0.4, 0.5) is 0 Å². The number of rotatable bonds is 4. The van der Waals surface area contributed by atoms with Gasteiger partial charge in [-0.2, -0.15) is 0 Å². The van der Waals surface area contributed by atoms with Crippen LogP contribution in [0.5, 0.6) is 0 Å². The first-order valence-electron chi connectivity index (χ1n) is 4.40. The third-order valence-corrected chi connectivity index (χ3v) is 1.77. The van der Waals surface area contributed by atoms with Gasteiger partial charge in [-0.25, -0.2) is 4.79 Å². The van der Waals surface area contributed by atoms with Crippen LogP contribution in [0.15, 0.2) is 16.9 Å². The summed E-state index contributed by atoms with van der Waals surface area (Å²) >= 11 is 0. The summed E-state index contributed by atoms with van der Waals surface area (Å²) in [5.74, 6) is -0.565. The van der Waals surface area contributed by atoms with E-state index in [0.29, 0.717) is 0 Å². The first-order chi connectivity index (χ1) is 6.56. The van der Waals surface area contributed by atoms with Crippen LogP contribution in [-0.2, 0) is 9.53 Å². The summed E-state index contributed by atoms with van der Waals surface area (Å²) in [6.45, 7) is 3.85. The van der Waals surface area contributed by atoms with Crippen LogP contribution in [0, 0.1) is 0 Å². The van der Waals surface area contributed by atoms with Gasteiger partial charge in [-0.15, -0.1) is 0 Å². The van der Waals surface area contributed by atoms with Crippen LogP contribution in [0.3, 0.4) is 0 Å². The highest BCUT2D eigenvalue weighted by atomic mass is 16.5. The van der Waals surface area contributed by atoms with Gasteiger partial charge >= 0.3 is 5.97 Å². The van der Waals surface area contributed by atoms with Crippen LogP contribution < -0.4 is 11.5 Å². The highest BCUT2D eigenvalue weighted by molar-refractivity contribution is 6.42. The molecule has 0 aromatic rings. The van der Waals surface area contributed by atoms with Gasteiger partial charge in [0, 0.05) is 12.2 Å². The Labute approximate surface area is 83.8 Å². The predicted molar refractivity (Wildman–Crippen MR) is 55.7 cm³/mol. The van der Waals surface area contributed by atoms with Crippen molar-refractivity contribution in [1.29, 1.82) is 0 Å². The minimum absolute atomic E-state index is 0.0163. The summed E-state index contributed by atoms with van der Waals surface area (Å²) in [5.41, 5.74) is 10.9. The van der Waals surface area contributed by atoms with E-state index in [4.69, 9.17) is 11.5 Å². The number of carbonyl (C=O) groups is 1. The second-order valence-electron chi connectivity index (χ2n) is 2.85. The molecule has 0 bridgehead atoms. The van der Waals surface area contributed by atoms with Crippen molar-refractivity contribution < 1.29 is 9.53 Å². The standard InChI is InChI=1S/C9H17N3O2/c1-4-6(2)12-8(7(11)5-10)9(13)14-3/h5-6H,4,10-11H2,1-3H3. The summed E-state index contributed by atoms with van der Waals surface area (Å²) in [6.07, 6.45) is 1.95. The van der Waals surface area contributed by atoms with E-state index in [1.165, 1.54) is 7.11 Å². The van der Waals surface area contributed by atoms with Crippen molar-refractivity contribution in [1.82, 2.24) is 0 Å². The number of esters is 1. The Morgan fingerprint density at radius 2 is 2.21 bits per heavy atom. The van der Waals surface area contributed by atoms with Gasteiger partial charge in [-0.05, 0) is 13.3 Å². The average Bonchev–Trinajstić information content (AvgIpc) is 2.23. The molecular formula is C9H17N3O2. The monoisotopic (exact) mass is 199 g/mol. The molecule has 0 amide bonds. The molecule has 0 spiro atoms. The van der Waals surface area contributed by atoms with E-state index in [1.807, 2.05) is 13.8 Å². The lowest BCUT2D eigenvalue weighted by atomic mass is 10.2. The number of carbonyl (C=O) groups excluding carboxylic acids is 1. The van der Waals surface area contributed by atoms with Gasteiger partial charge in [-0.3, -0.25) is 4.99 Å². The highest BCUT2D eigenvalue weighted by Gasteiger charge is 2.15. The SMILES string of the molecule is CCC(C)N=C(C(=O)OC)C(N)=CN. The highest BCUT2D eigenvalue weighted by Crippen LogP contribution is 2.00. The summed E-state index contributed by atoms with van der Waals surface area (Å²) in [5, 5.41) is 0. The van der Waals surface area contributed by atoms with Crippen LogP contribution in [-0.4, -0.2) is 24.8 Å². The maximum atomic E-state index is 11.2. The molecule has 1 unspecified atom stereocenters. The molecule has 0 aromatic carbocycles. The first-order valence-corrected chi connectivity index (χ1v) is 4.40. The maximum Gasteiger partial charge on any atom is 0.358 e. The second-order valence-corrected chi connectivity index (χ2v) is 2.85. The number of methoxy groups -OCH3 is 1. The molecule has 0 aromatic heterocycles. The van der Waals surface area contributed by atoms with Gasteiger partial charge in [0.05, 0.1) is 12.8 Å². The molecule has 0 heterocycles. The van der Waals surface area contributed by atoms with Gasteiger partial charge in [-0.1, -0.05) is 6.92 Å². The number of aliphatic imine (C=N–C) groups is 1. The Morgan fingerprint density at radius 1 is 1.64 bits per heavy atom. The lowest BCUT2D eigenvalue weighted by Crippen LogP contribution is -2.25. The molecule has 5 nitrogen and oxygen atoms in total. The van der Waals surface area contributed by atoms with Crippen LogP contribution in [0.25, 0.3) is 0 Å². The number of nitrogens with zero attached hydrogens (tertiary/aromatic N) is 1. The van der Waals surface area contributed by atoms with Crippen molar-refractivity contribution in [2.24, 2.45) is 16.5 Å². The molecular weight excluding hydrogens is 182 g/mol. The van der Waals surface area contributed by atoms with Crippen molar-refractivity contribution in [3.05, 3.63) is 11.9 Å². The number of hydrogen-bond donors (Lipinski definition) is 2. The average molecular weight is 199 g/mol.